The van der Waals surface area contributed by atoms with E-state index in [0.717, 1.165) is 18.1 Å². The number of rotatable bonds is 7. The summed E-state index contributed by atoms with van der Waals surface area (Å²) >= 11 is 0. The molecule has 30 heavy (non-hydrogen) atoms. The molecular formula is C21H23F2N5O2. The lowest BCUT2D eigenvalue weighted by molar-refractivity contribution is 0.0124. The number of aromatic nitrogens is 3. The van der Waals surface area contributed by atoms with Gasteiger partial charge in [0.25, 0.3) is 5.92 Å². The first-order valence-corrected chi connectivity index (χ1v) is 9.35. The van der Waals surface area contributed by atoms with Gasteiger partial charge in [-0.05, 0) is 24.1 Å². The molecule has 0 atom stereocenters. The van der Waals surface area contributed by atoms with Gasteiger partial charge in [0.2, 0.25) is 5.88 Å². The first kappa shape index (κ1) is 21.2. The maximum Gasteiger partial charge on any atom is 0.314 e. The minimum atomic E-state index is -3.08. The van der Waals surface area contributed by atoms with Crippen LogP contribution in [0.3, 0.4) is 0 Å². The van der Waals surface area contributed by atoms with Gasteiger partial charge in [0.1, 0.15) is 5.69 Å². The number of carbonyl (C=O) groups excluding carboxylic acids is 1. The van der Waals surface area contributed by atoms with Gasteiger partial charge >= 0.3 is 6.03 Å². The highest BCUT2D eigenvalue weighted by Crippen LogP contribution is 2.32. The van der Waals surface area contributed by atoms with E-state index in [1.54, 1.807) is 19.2 Å². The normalized spacial score (nSPS) is 11.2. The zero-order valence-electron chi connectivity index (χ0n) is 16.9. The minimum absolute atomic E-state index is 0.239. The minimum Gasteiger partial charge on any atom is -0.481 e. The van der Waals surface area contributed by atoms with Crippen LogP contribution in [-0.4, -0.2) is 41.5 Å². The molecule has 0 aliphatic rings. The molecule has 0 aliphatic carbocycles. The number of pyridine rings is 1. The molecule has 0 radical (unpaired) electrons. The van der Waals surface area contributed by atoms with Crippen LogP contribution in [0.2, 0.25) is 0 Å². The number of ether oxygens (including phenoxy) is 1. The van der Waals surface area contributed by atoms with E-state index in [0.29, 0.717) is 30.2 Å². The average molecular weight is 415 g/mol. The number of hydrogen-bond acceptors (Lipinski definition) is 4. The number of carbonyl (C=O) groups is 1. The van der Waals surface area contributed by atoms with Crippen LogP contribution in [0.15, 0.2) is 48.7 Å². The Hall–Kier alpha value is -3.49. The Morgan fingerprint density at radius 2 is 1.93 bits per heavy atom. The number of alkyl halides is 2. The average Bonchev–Trinajstić information content (AvgIpc) is 3.20. The molecule has 7 nitrogen and oxygen atoms in total. The molecule has 2 aromatic heterocycles. The van der Waals surface area contributed by atoms with Gasteiger partial charge in [-0.25, -0.2) is 14.5 Å². The largest absolute Gasteiger partial charge is 0.481 e. The van der Waals surface area contributed by atoms with E-state index in [9.17, 15) is 13.6 Å². The van der Waals surface area contributed by atoms with Crippen molar-refractivity contribution in [2.24, 2.45) is 0 Å². The lowest BCUT2D eigenvalue weighted by Crippen LogP contribution is -2.33. The molecule has 0 saturated heterocycles. The van der Waals surface area contributed by atoms with Crippen molar-refractivity contribution in [1.82, 2.24) is 25.4 Å². The van der Waals surface area contributed by atoms with Gasteiger partial charge in [0.15, 0.2) is 0 Å². The summed E-state index contributed by atoms with van der Waals surface area (Å²) in [7, 11) is 3.06. The van der Waals surface area contributed by atoms with Crippen molar-refractivity contribution in [3.8, 4) is 22.8 Å². The van der Waals surface area contributed by atoms with Gasteiger partial charge in [0.05, 0.1) is 24.7 Å². The topological polar surface area (TPSA) is 81.1 Å². The van der Waals surface area contributed by atoms with Crippen LogP contribution in [0.5, 0.6) is 5.88 Å². The van der Waals surface area contributed by atoms with Crippen LogP contribution in [0.4, 0.5) is 13.6 Å². The summed E-state index contributed by atoms with van der Waals surface area (Å²) in [6.07, 6.45) is 2.17. The lowest BCUT2D eigenvalue weighted by Gasteiger charge is -2.09. The molecule has 0 spiro atoms. The Labute approximate surface area is 173 Å². The van der Waals surface area contributed by atoms with Crippen LogP contribution in [0.25, 0.3) is 16.9 Å². The smallest absolute Gasteiger partial charge is 0.314 e. The van der Waals surface area contributed by atoms with Crippen molar-refractivity contribution >= 4 is 6.03 Å². The van der Waals surface area contributed by atoms with Gasteiger partial charge in [-0.3, -0.25) is 0 Å². The number of methoxy groups -OCH3 is 1. The van der Waals surface area contributed by atoms with Crippen molar-refractivity contribution in [2.75, 3.05) is 20.7 Å². The summed E-state index contributed by atoms with van der Waals surface area (Å²) < 4.78 is 34.4. The second kappa shape index (κ2) is 8.89. The molecule has 0 saturated carbocycles. The molecule has 9 heteroatoms. The fourth-order valence-electron chi connectivity index (χ4n) is 2.87. The predicted molar refractivity (Wildman–Crippen MR) is 109 cm³/mol. The van der Waals surface area contributed by atoms with Gasteiger partial charge in [0, 0.05) is 32.1 Å². The Balaban J connectivity index is 1.90. The lowest BCUT2D eigenvalue weighted by atomic mass is 10.1. The number of halogens is 2. The molecule has 3 aromatic rings. The summed E-state index contributed by atoms with van der Waals surface area (Å²) in [4.78, 5) is 15.4. The number of nitrogens with one attached hydrogen (secondary N) is 2. The van der Waals surface area contributed by atoms with Crippen LogP contribution >= 0.6 is 0 Å². The highest BCUT2D eigenvalue weighted by atomic mass is 19.3. The number of urea groups is 1. The number of hydrogen-bond donors (Lipinski definition) is 2. The van der Waals surface area contributed by atoms with Crippen molar-refractivity contribution in [2.45, 2.75) is 19.3 Å². The molecule has 0 aliphatic heterocycles. The van der Waals surface area contributed by atoms with Crippen molar-refractivity contribution in [3.63, 3.8) is 0 Å². The van der Waals surface area contributed by atoms with Gasteiger partial charge < -0.3 is 15.4 Å². The highest BCUT2D eigenvalue weighted by molar-refractivity contribution is 5.73. The Morgan fingerprint density at radius 3 is 2.50 bits per heavy atom. The van der Waals surface area contributed by atoms with E-state index in [4.69, 9.17) is 4.74 Å². The quantitative estimate of drug-likeness (QED) is 0.619. The Kier molecular flexibility index (Phi) is 6.29. The van der Waals surface area contributed by atoms with Gasteiger partial charge in [-0.1, -0.05) is 24.3 Å². The van der Waals surface area contributed by atoms with Crippen molar-refractivity contribution in [1.29, 1.82) is 0 Å². The second-order valence-electron chi connectivity index (χ2n) is 6.73. The number of benzene rings is 1. The Morgan fingerprint density at radius 1 is 1.20 bits per heavy atom. The van der Waals surface area contributed by atoms with E-state index >= 15 is 0 Å². The summed E-state index contributed by atoms with van der Waals surface area (Å²) in [5.41, 5.74) is 2.48. The fourth-order valence-corrected chi connectivity index (χ4v) is 2.87. The van der Waals surface area contributed by atoms with Gasteiger partial charge in [-0.2, -0.15) is 13.9 Å². The molecule has 158 valence electrons. The summed E-state index contributed by atoms with van der Waals surface area (Å²) in [5, 5.41) is 9.33. The first-order valence-electron chi connectivity index (χ1n) is 9.35. The number of amides is 2. The molecule has 0 unspecified atom stereocenters. The maximum atomic E-state index is 13.9. The highest BCUT2D eigenvalue weighted by Gasteiger charge is 2.29. The summed E-state index contributed by atoms with van der Waals surface area (Å²) in [6.45, 7) is 1.30. The third kappa shape index (κ3) is 4.91. The molecule has 2 N–H and O–H groups in total. The van der Waals surface area contributed by atoms with Crippen LogP contribution < -0.4 is 15.4 Å². The summed E-state index contributed by atoms with van der Waals surface area (Å²) in [5.74, 6) is -2.66. The standard InChI is InChI=1S/C21H23F2N5O2/c1-21(22,23)18-12-17(28(27-18)16-8-9-19(30-3)26-13-16)15-6-4-14(5-7-15)10-11-25-20(29)24-2/h4-9,12-13H,10-11H2,1-3H3,(H2,24,25,29). The van der Waals surface area contributed by atoms with E-state index in [-0.39, 0.29) is 11.7 Å². The third-order valence-corrected chi connectivity index (χ3v) is 4.51. The molecular weight excluding hydrogens is 392 g/mol. The van der Waals surface area contributed by atoms with Crippen molar-refractivity contribution in [3.05, 3.63) is 59.9 Å². The van der Waals surface area contributed by atoms with Crippen LogP contribution in [0.1, 0.15) is 18.2 Å². The molecule has 0 fully saturated rings. The maximum absolute atomic E-state index is 13.9. The predicted octanol–water partition coefficient (Wildman–Crippen LogP) is 3.53. The molecule has 2 amide bonds. The molecule has 0 bridgehead atoms. The number of nitrogens with zero attached hydrogens (tertiary/aromatic N) is 3. The molecule has 1 aromatic carbocycles. The first-order chi connectivity index (χ1) is 14.3. The second-order valence-corrected chi connectivity index (χ2v) is 6.73. The third-order valence-electron chi connectivity index (χ3n) is 4.51. The monoisotopic (exact) mass is 415 g/mol. The zero-order valence-corrected chi connectivity index (χ0v) is 16.9. The van der Waals surface area contributed by atoms with Crippen molar-refractivity contribution < 1.29 is 18.3 Å². The van der Waals surface area contributed by atoms with E-state index < -0.39 is 5.92 Å². The molecule has 3 rings (SSSR count). The Bertz CT molecular complexity index is 996. The van der Waals surface area contributed by atoms with Gasteiger partial charge in [-0.15, -0.1) is 0 Å². The zero-order chi connectivity index (χ0) is 21.7. The van der Waals surface area contributed by atoms with E-state index in [1.165, 1.54) is 24.1 Å². The van der Waals surface area contributed by atoms with E-state index in [2.05, 4.69) is 20.7 Å². The van der Waals surface area contributed by atoms with Crippen LogP contribution in [-0.2, 0) is 12.3 Å². The fraction of sp³-hybridized carbons (Fsp3) is 0.286. The summed E-state index contributed by atoms with van der Waals surface area (Å²) in [6, 6.07) is 12.0. The molecule has 2 heterocycles. The van der Waals surface area contributed by atoms with E-state index in [1.807, 2.05) is 24.3 Å². The van der Waals surface area contributed by atoms with Crippen LogP contribution in [0, 0.1) is 0 Å². The SMILES string of the molecule is CNC(=O)NCCc1ccc(-c2cc(C(C)(F)F)nn2-c2ccc(OC)nc2)cc1.